The molecule has 0 aromatic heterocycles. The molecule has 9 heteroatoms. The van der Waals surface area contributed by atoms with Crippen molar-refractivity contribution in [3.05, 3.63) is 0 Å². The van der Waals surface area contributed by atoms with E-state index in [4.69, 9.17) is 0 Å². The summed E-state index contributed by atoms with van der Waals surface area (Å²) in [5.41, 5.74) is 10.9. The van der Waals surface area contributed by atoms with E-state index in [1.54, 1.807) is 0 Å². The molecule has 0 atom stereocenters. The SMILES string of the molecule is CCCNc1c(N(CC)CC)c(NCC)c(N(C)C)c(N(NC(C)C)N(C(C)C)C(C)(C)NC)c1N(CCC)CCC. The summed E-state index contributed by atoms with van der Waals surface area (Å²) >= 11 is 0. The minimum atomic E-state index is -0.329. The molecule has 0 saturated carbocycles. The van der Waals surface area contributed by atoms with Gasteiger partial charge in [0.25, 0.3) is 0 Å². The zero-order chi connectivity index (χ0) is 32.2. The van der Waals surface area contributed by atoms with Crippen LogP contribution in [0.25, 0.3) is 0 Å². The van der Waals surface area contributed by atoms with Gasteiger partial charge in [-0.25, -0.2) is 10.5 Å². The third-order valence-corrected chi connectivity index (χ3v) is 7.61. The smallest absolute Gasteiger partial charge is 0.122 e. The van der Waals surface area contributed by atoms with Gasteiger partial charge in [0.2, 0.25) is 0 Å². The van der Waals surface area contributed by atoms with Gasteiger partial charge in [0.05, 0.1) is 34.1 Å². The number of hydrogen-bond donors (Lipinski definition) is 4. The molecule has 0 aliphatic rings. The molecule has 0 unspecified atom stereocenters. The molecule has 1 aromatic rings. The summed E-state index contributed by atoms with van der Waals surface area (Å²) in [6, 6.07) is 0.425. The first-order valence-corrected chi connectivity index (χ1v) is 16.8. The summed E-state index contributed by atoms with van der Waals surface area (Å²) in [7, 11) is 6.43. The molecular formula is C33H69N9. The Morgan fingerprint density at radius 3 is 1.62 bits per heavy atom. The van der Waals surface area contributed by atoms with Gasteiger partial charge in [-0.15, -0.1) is 0 Å². The zero-order valence-corrected chi connectivity index (χ0v) is 30.3. The summed E-state index contributed by atoms with van der Waals surface area (Å²) in [6.07, 6.45) is 3.21. The first-order chi connectivity index (χ1) is 19.8. The van der Waals surface area contributed by atoms with Crippen molar-refractivity contribution in [2.45, 2.75) is 120 Å². The highest BCUT2D eigenvalue weighted by Gasteiger charge is 2.39. The van der Waals surface area contributed by atoms with E-state index in [0.29, 0.717) is 0 Å². The van der Waals surface area contributed by atoms with Gasteiger partial charge >= 0.3 is 0 Å². The zero-order valence-electron chi connectivity index (χ0n) is 30.3. The van der Waals surface area contributed by atoms with Gasteiger partial charge in [-0.05, 0) is 88.6 Å². The van der Waals surface area contributed by atoms with Crippen LogP contribution in [0.2, 0.25) is 0 Å². The number of rotatable bonds is 21. The van der Waals surface area contributed by atoms with Crippen LogP contribution in [0.4, 0.5) is 34.1 Å². The lowest BCUT2D eigenvalue weighted by Gasteiger charge is -2.51. The van der Waals surface area contributed by atoms with Crippen LogP contribution in [0.15, 0.2) is 0 Å². The Balaban J connectivity index is 4.73. The Kier molecular flexibility index (Phi) is 16.1. The number of hydrogen-bond acceptors (Lipinski definition) is 9. The molecule has 9 nitrogen and oxygen atoms in total. The van der Waals surface area contributed by atoms with Crippen LogP contribution in [0, 0.1) is 0 Å². The van der Waals surface area contributed by atoms with Crippen LogP contribution < -0.4 is 41.2 Å². The lowest BCUT2D eigenvalue weighted by molar-refractivity contribution is 0.0317. The molecule has 42 heavy (non-hydrogen) atoms. The third kappa shape index (κ3) is 8.96. The Labute approximate surface area is 260 Å². The van der Waals surface area contributed by atoms with Gasteiger partial charge in [-0.3, -0.25) is 0 Å². The minimum absolute atomic E-state index is 0.212. The molecule has 0 aliphatic heterocycles. The van der Waals surface area contributed by atoms with Crippen molar-refractivity contribution < 1.29 is 0 Å². The maximum Gasteiger partial charge on any atom is 0.122 e. The Hall–Kier alpha value is -2.10. The number of nitrogens with zero attached hydrogens (tertiary/aromatic N) is 5. The van der Waals surface area contributed by atoms with Crippen LogP contribution >= 0.6 is 0 Å². The second-order valence-electron chi connectivity index (χ2n) is 12.5. The molecular weight excluding hydrogens is 522 g/mol. The van der Waals surface area contributed by atoms with Crippen molar-refractivity contribution in [1.29, 1.82) is 0 Å². The van der Waals surface area contributed by atoms with Crippen LogP contribution in [0.1, 0.15) is 102 Å². The second kappa shape index (κ2) is 17.9. The Morgan fingerprint density at radius 2 is 1.24 bits per heavy atom. The molecule has 0 saturated heterocycles. The lowest BCUT2D eigenvalue weighted by Crippen LogP contribution is -2.67. The predicted molar refractivity (Wildman–Crippen MR) is 191 cm³/mol. The quantitative estimate of drug-likeness (QED) is 0.0915. The lowest BCUT2D eigenvalue weighted by atomic mass is 10.0. The largest absolute Gasteiger partial charge is 0.382 e. The van der Waals surface area contributed by atoms with Crippen molar-refractivity contribution in [3.8, 4) is 0 Å². The molecule has 4 N–H and O–H groups in total. The Morgan fingerprint density at radius 1 is 0.690 bits per heavy atom. The molecule has 0 amide bonds. The fourth-order valence-corrected chi connectivity index (χ4v) is 5.86. The van der Waals surface area contributed by atoms with Crippen LogP contribution in [0.5, 0.6) is 0 Å². The molecule has 246 valence electrons. The molecule has 1 rings (SSSR count). The van der Waals surface area contributed by atoms with Crippen LogP contribution in [0.3, 0.4) is 0 Å². The van der Waals surface area contributed by atoms with Crippen molar-refractivity contribution in [3.63, 3.8) is 0 Å². The summed E-state index contributed by atoms with van der Waals surface area (Å²) in [4.78, 5) is 7.45. The Bertz CT molecular complexity index is 904. The average molecular weight is 592 g/mol. The van der Waals surface area contributed by atoms with E-state index in [2.05, 4.69) is 150 Å². The fourth-order valence-electron chi connectivity index (χ4n) is 5.86. The van der Waals surface area contributed by atoms with E-state index in [-0.39, 0.29) is 17.7 Å². The highest BCUT2D eigenvalue weighted by Crippen LogP contribution is 2.55. The number of nitrogens with one attached hydrogen (secondary N) is 4. The van der Waals surface area contributed by atoms with Gasteiger partial charge < -0.3 is 30.7 Å². The molecule has 1 aromatic carbocycles. The van der Waals surface area contributed by atoms with Gasteiger partial charge in [0, 0.05) is 65.4 Å². The molecule has 0 heterocycles. The van der Waals surface area contributed by atoms with E-state index in [0.717, 1.165) is 58.5 Å². The van der Waals surface area contributed by atoms with Gasteiger partial charge in [-0.2, -0.15) is 5.01 Å². The van der Waals surface area contributed by atoms with Crippen LogP contribution in [-0.4, -0.2) is 83.2 Å². The maximum absolute atomic E-state index is 3.98. The highest BCUT2D eigenvalue weighted by molar-refractivity contribution is 6.09. The van der Waals surface area contributed by atoms with Crippen molar-refractivity contribution >= 4 is 34.1 Å². The van der Waals surface area contributed by atoms with E-state index in [1.165, 1.54) is 34.1 Å². The number of benzene rings is 1. The monoisotopic (exact) mass is 592 g/mol. The molecule has 0 radical (unpaired) electrons. The molecule has 0 spiro atoms. The second-order valence-corrected chi connectivity index (χ2v) is 12.5. The van der Waals surface area contributed by atoms with Crippen LogP contribution in [-0.2, 0) is 0 Å². The third-order valence-electron chi connectivity index (χ3n) is 7.61. The van der Waals surface area contributed by atoms with Gasteiger partial charge in [-0.1, -0.05) is 20.8 Å². The highest BCUT2D eigenvalue weighted by atomic mass is 15.8. The predicted octanol–water partition coefficient (Wildman–Crippen LogP) is 6.78. The summed E-state index contributed by atoms with van der Waals surface area (Å²) in [6.45, 7) is 32.7. The van der Waals surface area contributed by atoms with Gasteiger partial charge in [0.1, 0.15) is 5.69 Å². The number of anilines is 6. The van der Waals surface area contributed by atoms with E-state index < -0.39 is 0 Å². The summed E-state index contributed by atoms with van der Waals surface area (Å²) in [5.74, 6) is 0. The topological polar surface area (TPSA) is 64.3 Å². The van der Waals surface area contributed by atoms with Crippen molar-refractivity contribution in [2.24, 2.45) is 0 Å². The normalized spacial score (nSPS) is 12.0. The maximum atomic E-state index is 3.98. The molecule has 0 aliphatic carbocycles. The summed E-state index contributed by atoms with van der Waals surface area (Å²) < 4.78 is 0. The summed E-state index contributed by atoms with van der Waals surface area (Å²) in [5, 5.41) is 16.3. The first-order valence-electron chi connectivity index (χ1n) is 16.8. The van der Waals surface area contributed by atoms with Crippen molar-refractivity contribution in [2.75, 3.05) is 90.9 Å². The fraction of sp³-hybridized carbons (Fsp3) is 0.818. The molecule has 0 fully saturated rings. The molecule has 0 bridgehead atoms. The number of hydrazine groups is 2. The van der Waals surface area contributed by atoms with Gasteiger partial charge in [0.15, 0.2) is 0 Å². The van der Waals surface area contributed by atoms with E-state index >= 15 is 0 Å². The van der Waals surface area contributed by atoms with Crippen molar-refractivity contribution in [1.82, 2.24) is 15.8 Å². The standard InChI is InChI=1S/C33H69N9/c1-16-22-36-28-29(39(20-5)21-6)27(35-19-4)30(38(14)15)32(31(28)40(23-17-2)24-18-3)42(37-25(7)8)41(26(9)10)33(11,12)34-13/h25-26,34-37H,16-24H2,1-15H3. The average Bonchev–Trinajstić information content (AvgIpc) is 2.91. The minimum Gasteiger partial charge on any atom is -0.382 e. The van der Waals surface area contributed by atoms with E-state index in [1.807, 2.05) is 0 Å². The van der Waals surface area contributed by atoms with E-state index in [9.17, 15) is 0 Å². The first kappa shape index (κ1) is 37.9.